The number of allylic oxidation sites excluding steroid dienone is 1. The highest BCUT2D eigenvalue weighted by molar-refractivity contribution is 7.71. The molecule has 2 nitrogen and oxygen atoms in total. The lowest BCUT2D eigenvalue weighted by atomic mass is 10.2. The van der Waals surface area contributed by atoms with Gasteiger partial charge in [-0.25, -0.2) is 0 Å². The molecule has 0 saturated heterocycles. The van der Waals surface area contributed by atoms with Gasteiger partial charge < -0.3 is 9.55 Å². The third-order valence-corrected chi connectivity index (χ3v) is 2.90. The molecule has 0 aliphatic rings. The summed E-state index contributed by atoms with van der Waals surface area (Å²) in [6.45, 7) is 6.71. The van der Waals surface area contributed by atoms with Crippen LogP contribution in [0.2, 0.25) is 0 Å². The van der Waals surface area contributed by atoms with Crippen molar-refractivity contribution in [2.45, 2.75) is 19.9 Å². The Kier molecular flexibility index (Phi) is 2.73. The summed E-state index contributed by atoms with van der Waals surface area (Å²) in [5.41, 5.74) is 3.56. The van der Waals surface area contributed by atoms with E-state index in [1.807, 2.05) is 6.08 Å². The van der Waals surface area contributed by atoms with E-state index in [2.05, 4.69) is 41.3 Å². The fourth-order valence-electron chi connectivity index (χ4n) is 1.77. The molecule has 1 aromatic carbocycles. The molecule has 78 valence electrons. The summed E-state index contributed by atoms with van der Waals surface area (Å²) in [6, 6.07) is 6.24. The molecule has 0 radical (unpaired) electrons. The summed E-state index contributed by atoms with van der Waals surface area (Å²) in [6.07, 6.45) is 2.85. The molecule has 2 rings (SSSR count). The van der Waals surface area contributed by atoms with Gasteiger partial charge in [-0.2, -0.15) is 0 Å². The maximum absolute atomic E-state index is 5.30. The first-order valence-corrected chi connectivity index (χ1v) is 5.44. The number of imidazole rings is 1. The molecule has 0 bridgehead atoms. The van der Waals surface area contributed by atoms with Gasteiger partial charge in [-0.05, 0) is 37.2 Å². The van der Waals surface area contributed by atoms with Crippen molar-refractivity contribution >= 4 is 23.3 Å². The van der Waals surface area contributed by atoms with Crippen molar-refractivity contribution in [1.29, 1.82) is 0 Å². The Morgan fingerprint density at radius 1 is 1.53 bits per heavy atom. The minimum atomic E-state index is 0.793. The van der Waals surface area contributed by atoms with Crippen LogP contribution in [0.5, 0.6) is 0 Å². The minimum Gasteiger partial charge on any atom is -0.330 e. The zero-order valence-corrected chi connectivity index (χ0v) is 9.60. The molecule has 0 aliphatic carbocycles. The Balaban J connectivity index is 2.63. The van der Waals surface area contributed by atoms with Gasteiger partial charge in [-0.3, -0.25) is 0 Å². The van der Waals surface area contributed by atoms with Crippen LogP contribution in [-0.4, -0.2) is 9.55 Å². The summed E-state index contributed by atoms with van der Waals surface area (Å²) in [7, 11) is 0. The molecular formula is C12H14N2S. The molecule has 1 heterocycles. The van der Waals surface area contributed by atoms with Crippen LogP contribution >= 0.6 is 12.2 Å². The third-order valence-electron chi connectivity index (χ3n) is 2.58. The summed E-state index contributed by atoms with van der Waals surface area (Å²) in [5.74, 6) is 0. The van der Waals surface area contributed by atoms with Crippen molar-refractivity contribution in [3.05, 3.63) is 41.2 Å². The van der Waals surface area contributed by atoms with Crippen LogP contribution in [0.15, 0.2) is 30.9 Å². The summed E-state index contributed by atoms with van der Waals surface area (Å²) < 4.78 is 2.92. The predicted octanol–water partition coefficient (Wildman–Crippen LogP) is 3.58. The zero-order valence-electron chi connectivity index (χ0n) is 8.79. The van der Waals surface area contributed by atoms with E-state index in [1.54, 1.807) is 0 Å². The predicted molar refractivity (Wildman–Crippen MR) is 66.7 cm³/mol. The first-order valence-electron chi connectivity index (χ1n) is 5.03. The molecular weight excluding hydrogens is 204 g/mol. The van der Waals surface area contributed by atoms with Gasteiger partial charge in [0.25, 0.3) is 0 Å². The van der Waals surface area contributed by atoms with Crippen molar-refractivity contribution in [3.63, 3.8) is 0 Å². The largest absolute Gasteiger partial charge is 0.330 e. The Labute approximate surface area is 94.2 Å². The lowest BCUT2D eigenvalue weighted by Gasteiger charge is -2.01. The molecule has 0 fully saturated rings. The molecule has 3 heteroatoms. The highest BCUT2D eigenvalue weighted by atomic mass is 32.1. The van der Waals surface area contributed by atoms with Crippen LogP contribution in [0.4, 0.5) is 0 Å². The lowest BCUT2D eigenvalue weighted by Crippen LogP contribution is -1.96. The smallest absolute Gasteiger partial charge is 0.178 e. The Morgan fingerprint density at radius 3 is 3.07 bits per heavy atom. The van der Waals surface area contributed by atoms with Crippen LogP contribution in [-0.2, 0) is 6.54 Å². The van der Waals surface area contributed by atoms with Crippen LogP contribution in [0.25, 0.3) is 11.0 Å². The molecule has 0 aliphatic heterocycles. The quantitative estimate of drug-likeness (QED) is 0.617. The Bertz CT molecular complexity index is 548. The number of aromatic amines is 1. The van der Waals surface area contributed by atoms with E-state index in [9.17, 15) is 0 Å². The van der Waals surface area contributed by atoms with E-state index in [0.717, 1.165) is 23.3 Å². The molecule has 1 aromatic heterocycles. The van der Waals surface area contributed by atoms with Crippen molar-refractivity contribution in [2.24, 2.45) is 0 Å². The highest BCUT2D eigenvalue weighted by Crippen LogP contribution is 2.17. The van der Waals surface area contributed by atoms with E-state index < -0.39 is 0 Å². The number of hydrogen-bond acceptors (Lipinski definition) is 1. The fraction of sp³-hybridized carbons (Fsp3) is 0.250. The standard InChI is InChI=1S/C12H14N2S/c1-3-4-8-14-10-7-5-6-9(2)11(10)13-12(14)15/h3,5-7H,1,4,8H2,2H3,(H,13,15). The molecule has 1 N–H and O–H groups in total. The maximum atomic E-state index is 5.30. The van der Waals surface area contributed by atoms with Crippen molar-refractivity contribution in [1.82, 2.24) is 9.55 Å². The summed E-state index contributed by atoms with van der Waals surface area (Å²) >= 11 is 5.30. The monoisotopic (exact) mass is 218 g/mol. The van der Waals surface area contributed by atoms with Crippen LogP contribution in [0.3, 0.4) is 0 Å². The first-order chi connectivity index (χ1) is 7.24. The van der Waals surface area contributed by atoms with Crippen molar-refractivity contribution in [3.8, 4) is 0 Å². The van der Waals surface area contributed by atoms with Gasteiger partial charge in [0.2, 0.25) is 0 Å². The molecule has 15 heavy (non-hydrogen) atoms. The van der Waals surface area contributed by atoms with Crippen molar-refractivity contribution in [2.75, 3.05) is 0 Å². The number of aromatic nitrogens is 2. The number of rotatable bonds is 3. The zero-order chi connectivity index (χ0) is 10.8. The van der Waals surface area contributed by atoms with Gasteiger partial charge in [0.1, 0.15) is 0 Å². The average molecular weight is 218 g/mol. The fourth-order valence-corrected chi connectivity index (χ4v) is 2.06. The molecule has 0 spiro atoms. The molecule has 0 unspecified atom stereocenters. The lowest BCUT2D eigenvalue weighted by molar-refractivity contribution is 0.721. The van der Waals surface area contributed by atoms with Crippen LogP contribution in [0.1, 0.15) is 12.0 Å². The number of hydrogen-bond donors (Lipinski definition) is 1. The Morgan fingerprint density at radius 2 is 2.33 bits per heavy atom. The second-order valence-corrected chi connectivity index (χ2v) is 4.01. The van der Waals surface area contributed by atoms with Gasteiger partial charge in [0, 0.05) is 6.54 Å². The van der Waals surface area contributed by atoms with E-state index >= 15 is 0 Å². The van der Waals surface area contributed by atoms with E-state index in [-0.39, 0.29) is 0 Å². The van der Waals surface area contributed by atoms with E-state index in [1.165, 1.54) is 11.1 Å². The number of H-pyrrole nitrogens is 1. The minimum absolute atomic E-state index is 0.793. The molecule has 0 atom stereocenters. The number of aryl methyl sites for hydroxylation is 2. The number of fused-ring (bicyclic) bond motifs is 1. The van der Waals surface area contributed by atoms with Crippen LogP contribution < -0.4 is 0 Å². The normalized spacial score (nSPS) is 10.7. The Hall–Kier alpha value is -1.35. The number of nitrogens with zero attached hydrogens (tertiary/aromatic N) is 1. The van der Waals surface area contributed by atoms with E-state index in [0.29, 0.717) is 0 Å². The second-order valence-electron chi connectivity index (χ2n) is 3.63. The van der Waals surface area contributed by atoms with Gasteiger partial charge in [-0.1, -0.05) is 18.2 Å². The summed E-state index contributed by atoms with van der Waals surface area (Å²) in [4.78, 5) is 3.25. The maximum Gasteiger partial charge on any atom is 0.178 e. The van der Waals surface area contributed by atoms with Gasteiger partial charge in [0.05, 0.1) is 11.0 Å². The van der Waals surface area contributed by atoms with Gasteiger partial charge in [-0.15, -0.1) is 6.58 Å². The third kappa shape index (κ3) is 1.75. The molecule has 0 saturated carbocycles. The summed E-state index contributed by atoms with van der Waals surface area (Å²) in [5, 5.41) is 0. The van der Waals surface area contributed by atoms with Gasteiger partial charge >= 0.3 is 0 Å². The second kappa shape index (κ2) is 4.03. The highest BCUT2D eigenvalue weighted by Gasteiger charge is 2.04. The van der Waals surface area contributed by atoms with Gasteiger partial charge in [0.15, 0.2) is 4.77 Å². The number of nitrogens with one attached hydrogen (secondary N) is 1. The number of para-hydroxylation sites is 1. The van der Waals surface area contributed by atoms with Crippen molar-refractivity contribution < 1.29 is 0 Å². The van der Waals surface area contributed by atoms with E-state index in [4.69, 9.17) is 12.2 Å². The average Bonchev–Trinajstić information content (AvgIpc) is 2.54. The van der Waals surface area contributed by atoms with Crippen LogP contribution in [0, 0.1) is 11.7 Å². The topological polar surface area (TPSA) is 20.7 Å². The molecule has 2 aromatic rings. The first kappa shape index (κ1) is 10.2. The molecule has 0 amide bonds. The SMILES string of the molecule is C=CCCn1c(=S)[nH]c2c(C)cccc21. The number of benzene rings is 1.